The Morgan fingerprint density at radius 1 is 1.60 bits per heavy atom. The fourth-order valence-corrected chi connectivity index (χ4v) is 0.919. The summed E-state index contributed by atoms with van der Waals surface area (Å²) in [6, 6.07) is 0. The predicted octanol–water partition coefficient (Wildman–Crippen LogP) is 0.659. The van der Waals surface area contributed by atoms with E-state index in [1.807, 2.05) is 7.05 Å². The minimum Gasteiger partial charge on any atom is -0.480 e. The van der Waals surface area contributed by atoms with Gasteiger partial charge >= 0.3 is 5.97 Å². The molecule has 1 N–H and O–H groups in total. The molecule has 0 amide bonds. The van der Waals surface area contributed by atoms with Crippen LogP contribution >= 0.6 is 0 Å². The molecule has 0 rings (SSSR count). The average Bonchev–Trinajstić information content (AvgIpc) is 1.58. The number of hydrogen-bond donors (Lipinski definition) is 1. The standard InChI is InChI=1S/C7H15NO2/c1-6(2)4-8(3)5-7(9)10/h6H,4-5H2,1-3H3,(H,9,10). The van der Waals surface area contributed by atoms with Crippen LogP contribution in [0.3, 0.4) is 0 Å². The predicted molar refractivity (Wildman–Crippen MR) is 40.0 cm³/mol. The first-order valence-electron chi connectivity index (χ1n) is 3.42. The molecule has 0 aromatic heterocycles. The highest BCUT2D eigenvalue weighted by Crippen LogP contribution is 1.94. The van der Waals surface area contributed by atoms with Gasteiger partial charge < -0.3 is 5.11 Å². The van der Waals surface area contributed by atoms with E-state index in [1.165, 1.54) is 0 Å². The van der Waals surface area contributed by atoms with Crippen LogP contribution in [0.15, 0.2) is 0 Å². The Balaban J connectivity index is 3.43. The molecule has 0 aliphatic heterocycles. The lowest BCUT2D eigenvalue weighted by Gasteiger charge is -2.15. The van der Waals surface area contributed by atoms with Gasteiger partial charge in [0, 0.05) is 6.54 Å². The topological polar surface area (TPSA) is 40.5 Å². The summed E-state index contributed by atoms with van der Waals surface area (Å²) in [5.41, 5.74) is 0. The lowest BCUT2D eigenvalue weighted by molar-refractivity contribution is -0.138. The van der Waals surface area contributed by atoms with E-state index in [9.17, 15) is 4.79 Å². The maximum atomic E-state index is 10.1. The highest BCUT2D eigenvalue weighted by molar-refractivity contribution is 5.68. The number of rotatable bonds is 4. The van der Waals surface area contributed by atoms with Crippen molar-refractivity contribution in [2.24, 2.45) is 5.92 Å². The van der Waals surface area contributed by atoms with Gasteiger partial charge in [0.2, 0.25) is 0 Å². The van der Waals surface area contributed by atoms with Gasteiger partial charge in [0.05, 0.1) is 6.54 Å². The Kier molecular flexibility index (Phi) is 4.03. The zero-order chi connectivity index (χ0) is 8.15. The average molecular weight is 145 g/mol. The normalized spacial score (nSPS) is 10.9. The van der Waals surface area contributed by atoms with E-state index in [1.54, 1.807) is 4.90 Å². The van der Waals surface area contributed by atoms with E-state index in [0.717, 1.165) is 6.54 Å². The molecule has 3 nitrogen and oxygen atoms in total. The van der Waals surface area contributed by atoms with Crippen molar-refractivity contribution in [3.05, 3.63) is 0 Å². The number of likely N-dealkylation sites (N-methyl/N-ethyl adjacent to an activating group) is 1. The maximum absolute atomic E-state index is 10.1. The monoisotopic (exact) mass is 145 g/mol. The van der Waals surface area contributed by atoms with Crippen molar-refractivity contribution in [2.45, 2.75) is 13.8 Å². The highest BCUT2D eigenvalue weighted by atomic mass is 16.4. The van der Waals surface area contributed by atoms with E-state index >= 15 is 0 Å². The minimum absolute atomic E-state index is 0.137. The van der Waals surface area contributed by atoms with Crippen molar-refractivity contribution in [3.63, 3.8) is 0 Å². The summed E-state index contributed by atoms with van der Waals surface area (Å²) < 4.78 is 0. The Morgan fingerprint density at radius 3 is 2.40 bits per heavy atom. The molecule has 0 heterocycles. The second-order valence-electron chi connectivity index (χ2n) is 2.98. The van der Waals surface area contributed by atoms with Gasteiger partial charge in [-0.25, -0.2) is 0 Å². The van der Waals surface area contributed by atoms with Gasteiger partial charge in [-0.3, -0.25) is 9.69 Å². The molecule has 0 atom stereocenters. The third-order valence-electron chi connectivity index (χ3n) is 1.08. The SMILES string of the molecule is CC(C)CN(C)CC(=O)O. The number of hydrogen-bond acceptors (Lipinski definition) is 2. The smallest absolute Gasteiger partial charge is 0.317 e. The largest absolute Gasteiger partial charge is 0.480 e. The Bertz CT molecular complexity index is 112. The van der Waals surface area contributed by atoms with E-state index in [0.29, 0.717) is 5.92 Å². The molecule has 0 aromatic rings. The fourth-order valence-electron chi connectivity index (χ4n) is 0.919. The third-order valence-corrected chi connectivity index (χ3v) is 1.08. The van der Waals surface area contributed by atoms with Gasteiger partial charge in [-0.15, -0.1) is 0 Å². The van der Waals surface area contributed by atoms with E-state index in [2.05, 4.69) is 13.8 Å². The van der Waals surface area contributed by atoms with Gasteiger partial charge in [-0.1, -0.05) is 13.8 Å². The third kappa shape index (κ3) is 5.56. The van der Waals surface area contributed by atoms with Crippen LogP contribution in [0.25, 0.3) is 0 Å². The van der Waals surface area contributed by atoms with Gasteiger partial charge in [-0.05, 0) is 13.0 Å². The van der Waals surface area contributed by atoms with Gasteiger partial charge in [-0.2, -0.15) is 0 Å². The molecule has 60 valence electrons. The van der Waals surface area contributed by atoms with Crippen molar-refractivity contribution in [1.82, 2.24) is 4.90 Å². The van der Waals surface area contributed by atoms with Crippen molar-refractivity contribution < 1.29 is 9.90 Å². The summed E-state index contributed by atoms with van der Waals surface area (Å²) in [6.07, 6.45) is 0. The van der Waals surface area contributed by atoms with Crippen LogP contribution in [0.5, 0.6) is 0 Å². The summed E-state index contributed by atoms with van der Waals surface area (Å²) in [4.78, 5) is 11.9. The van der Waals surface area contributed by atoms with Gasteiger partial charge in [0.15, 0.2) is 0 Å². The number of carboxylic acid groups (broad SMARTS) is 1. The van der Waals surface area contributed by atoms with Crippen LogP contribution in [-0.4, -0.2) is 36.1 Å². The molecule has 0 unspecified atom stereocenters. The second-order valence-corrected chi connectivity index (χ2v) is 2.98. The molecule has 0 aliphatic rings. The first kappa shape index (κ1) is 9.43. The number of aliphatic carboxylic acids is 1. The van der Waals surface area contributed by atoms with Gasteiger partial charge in [0.1, 0.15) is 0 Å². The second kappa shape index (κ2) is 4.28. The number of nitrogens with zero attached hydrogens (tertiary/aromatic N) is 1. The minimum atomic E-state index is -0.761. The van der Waals surface area contributed by atoms with Crippen molar-refractivity contribution >= 4 is 5.97 Å². The van der Waals surface area contributed by atoms with Crippen LogP contribution in [0.1, 0.15) is 13.8 Å². The maximum Gasteiger partial charge on any atom is 0.317 e. The molecule has 3 heteroatoms. The summed E-state index contributed by atoms with van der Waals surface area (Å²) in [7, 11) is 1.81. The van der Waals surface area contributed by atoms with Crippen molar-refractivity contribution in [3.8, 4) is 0 Å². The zero-order valence-corrected chi connectivity index (χ0v) is 6.79. The Hall–Kier alpha value is -0.570. The van der Waals surface area contributed by atoms with E-state index < -0.39 is 5.97 Å². The fraction of sp³-hybridized carbons (Fsp3) is 0.857. The lowest BCUT2D eigenvalue weighted by Crippen LogP contribution is -2.28. The Labute approximate surface area is 61.6 Å². The van der Waals surface area contributed by atoms with E-state index in [-0.39, 0.29) is 6.54 Å². The molecule has 0 radical (unpaired) electrons. The molecule has 0 fully saturated rings. The quantitative estimate of drug-likeness (QED) is 0.631. The summed E-state index contributed by atoms with van der Waals surface area (Å²) in [5.74, 6) is -0.229. The highest BCUT2D eigenvalue weighted by Gasteiger charge is 2.04. The van der Waals surface area contributed by atoms with Crippen LogP contribution in [0, 0.1) is 5.92 Å². The first-order chi connectivity index (χ1) is 4.52. The Morgan fingerprint density at radius 2 is 2.10 bits per heavy atom. The molecule has 0 saturated heterocycles. The number of carbonyl (C=O) groups is 1. The van der Waals surface area contributed by atoms with Gasteiger partial charge in [0.25, 0.3) is 0 Å². The molecule has 0 aliphatic carbocycles. The molecule has 0 saturated carbocycles. The first-order valence-corrected chi connectivity index (χ1v) is 3.42. The van der Waals surface area contributed by atoms with Crippen LogP contribution < -0.4 is 0 Å². The molecule has 0 spiro atoms. The zero-order valence-electron chi connectivity index (χ0n) is 6.79. The number of carboxylic acids is 1. The summed E-state index contributed by atoms with van der Waals surface area (Å²) in [6.45, 7) is 5.11. The van der Waals surface area contributed by atoms with Crippen LogP contribution in [-0.2, 0) is 4.79 Å². The molecular formula is C7H15NO2. The van der Waals surface area contributed by atoms with Crippen LogP contribution in [0.4, 0.5) is 0 Å². The summed E-state index contributed by atoms with van der Waals surface area (Å²) in [5, 5.41) is 8.36. The summed E-state index contributed by atoms with van der Waals surface area (Å²) >= 11 is 0. The van der Waals surface area contributed by atoms with Crippen molar-refractivity contribution in [2.75, 3.05) is 20.1 Å². The molecule has 0 bridgehead atoms. The molecule has 0 aromatic carbocycles. The van der Waals surface area contributed by atoms with Crippen LogP contribution in [0.2, 0.25) is 0 Å². The van der Waals surface area contributed by atoms with E-state index in [4.69, 9.17) is 5.11 Å². The lowest BCUT2D eigenvalue weighted by atomic mass is 10.2. The molecular weight excluding hydrogens is 130 g/mol. The molecule has 10 heavy (non-hydrogen) atoms. The van der Waals surface area contributed by atoms with Crippen molar-refractivity contribution in [1.29, 1.82) is 0 Å².